The molecule has 0 bridgehead atoms. The number of carboxylic acid groups (broad SMARTS) is 1. The summed E-state index contributed by atoms with van der Waals surface area (Å²) in [5.41, 5.74) is 1.57. The summed E-state index contributed by atoms with van der Waals surface area (Å²) < 4.78 is 27.3. The van der Waals surface area contributed by atoms with Crippen molar-refractivity contribution in [2.24, 2.45) is 5.92 Å². The molecule has 1 atom stereocenters. The van der Waals surface area contributed by atoms with Crippen LogP contribution in [0, 0.1) is 12.8 Å². The molecule has 0 unspecified atom stereocenters. The Morgan fingerprint density at radius 1 is 1.34 bits per heavy atom. The lowest BCUT2D eigenvalue weighted by Crippen LogP contribution is -2.29. The Morgan fingerprint density at radius 2 is 2.07 bits per heavy atom. The number of aromatic carboxylic acids is 1. The molecule has 0 aliphatic carbocycles. The summed E-state index contributed by atoms with van der Waals surface area (Å²) in [4.78, 5) is 15.9. The highest BCUT2D eigenvalue weighted by atomic mass is 19.1. The number of aromatic nitrogens is 3. The molecule has 152 valence electrons. The van der Waals surface area contributed by atoms with Crippen molar-refractivity contribution in [1.82, 2.24) is 14.8 Å². The average molecular weight is 399 g/mol. The lowest BCUT2D eigenvalue weighted by atomic mass is 9.95. The van der Waals surface area contributed by atoms with Crippen LogP contribution in [0.15, 0.2) is 36.4 Å². The first kappa shape index (κ1) is 19.3. The number of ether oxygens (including phenoxy) is 2. The Labute approximate surface area is 167 Å². The van der Waals surface area contributed by atoms with E-state index >= 15 is 0 Å². The Bertz CT molecular complexity index is 1020. The molecule has 0 saturated carbocycles. The van der Waals surface area contributed by atoms with Crippen LogP contribution in [0.5, 0.6) is 5.75 Å². The Balaban J connectivity index is 1.71. The minimum absolute atomic E-state index is 0.117. The van der Waals surface area contributed by atoms with Gasteiger partial charge in [0.1, 0.15) is 18.5 Å². The zero-order valence-corrected chi connectivity index (χ0v) is 16.0. The SMILES string of the molecule is Cc1nn(-c2ccccc2)c2nc(C(=O)O)cc(OC[C@@H](F)C3CCOCC3)c12. The van der Waals surface area contributed by atoms with Gasteiger partial charge in [0.05, 0.1) is 16.8 Å². The number of benzene rings is 1. The monoisotopic (exact) mass is 399 g/mol. The molecule has 3 aromatic rings. The fourth-order valence-electron chi connectivity index (χ4n) is 3.61. The van der Waals surface area contributed by atoms with Crippen molar-refractivity contribution in [3.63, 3.8) is 0 Å². The number of aryl methyl sites for hydroxylation is 1. The molecular formula is C21H22FN3O4. The fourth-order valence-corrected chi connectivity index (χ4v) is 3.61. The smallest absolute Gasteiger partial charge is 0.354 e. The van der Waals surface area contributed by atoms with Gasteiger partial charge in [-0.2, -0.15) is 5.10 Å². The molecule has 0 spiro atoms. The van der Waals surface area contributed by atoms with Crippen LogP contribution in [0.25, 0.3) is 16.7 Å². The molecule has 1 N–H and O–H groups in total. The van der Waals surface area contributed by atoms with Crippen molar-refractivity contribution in [3.05, 3.63) is 47.8 Å². The first-order valence-corrected chi connectivity index (χ1v) is 9.58. The van der Waals surface area contributed by atoms with E-state index in [9.17, 15) is 14.3 Å². The number of para-hydroxylation sites is 1. The molecular weight excluding hydrogens is 377 g/mol. The first-order chi connectivity index (χ1) is 14.0. The number of fused-ring (bicyclic) bond motifs is 1. The minimum atomic E-state index is -1.18. The molecule has 1 saturated heterocycles. The van der Waals surface area contributed by atoms with Crippen LogP contribution in [-0.4, -0.2) is 51.8 Å². The van der Waals surface area contributed by atoms with Gasteiger partial charge in [0.25, 0.3) is 0 Å². The van der Waals surface area contributed by atoms with Crippen LogP contribution in [0.2, 0.25) is 0 Å². The molecule has 2 aromatic heterocycles. The topological polar surface area (TPSA) is 86.5 Å². The van der Waals surface area contributed by atoms with Crippen molar-refractivity contribution in [3.8, 4) is 11.4 Å². The number of alkyl halides is 1. The molecule has 7 nitrogen and oxygen atoms in total. The number of hydrogen-bond acceptors (Lipinski definition) is 5. The fraction of sp³-hybridized carbons (Fsp3) is 0.381. The number of pyridine rings is 1. The average Bonchev–Trinajstić information content (AvgIpc) is 3.09. The third kappa shape index (κ3) is 3.93. The van der Waals surface area contributed by atoms with Crippen LogP contribution in [0.4, 0.5) is 4.39 Å². The molecule has 0 amide bonds. The molecule has 4 rings (SSSR count). The molecule has 29 heavy (non-hydrogen) atoms. The van der Waals surface area contributed by atoms with Gasteiger partial charge in [-0.05, 0) is 37.8 Å². The Kier molecular flexibility index (Phi) is 5.44. The maximum Gasteiger partial charge on any atom is 0.354 e. The number of halogens is 1. The molecule has 1 aliphatic heterocycles. The lowest BCUT2D eigenvalue weighted by Gasteiger charge is -2.25. The number of nitrogens with zero attached hydrogens (tertiary/aromatic N) is 3. The number of hydrogen-bond donors (Lipinski definition) is 1. The van der Waals surface area contributed by atoms with Crippen molar-refractivity contribution >= 4 is 17.0 Å². The Hall–Kier alpha value is -3.00. The molecule has 1 fully saturated rings. The number of carboxylic acids is 1. The predicted octanol–water partition coefficient (Wildman–Crippen LogP) is 3.57. The normalized spacial score (nSPS) is 16.1. The summed E-state index contributed by atoms with van der Waals surface area (Å²) in [6.07, 6.45) is 0.156. The van der Waals surface area contributed by atoms with Crippen molar-refractivity contribution in [2.45, 2.75) is 25.9 Å². The van der Waals surface area contributed by atoms with Gasteiger partial charge in [-0.25, -0.2) is 18.9 Å². The second-order valence-electron chi connectivity index (χ2n) is 7.12. The predicted molar refractivity (Wildman–Crippen MR) is 104 cm³/mol. The third-order valence-corrected chi connectivity index (χ3v) is 5.17. The van der Waals surface area contributed by atoms with Crippen molar-refractivity contribution in [2.75, 3.05) is 19.8 Å². The second-order valence-corrected chi connectivity index (χ2v) is 7.12. The van der Waals surface area contributed by atoms with Gasteiger partial charge in [0, 0.05) is 19.3 Å². The van der Waals surface area contributed by atoms with E-state index in [1.54, 1.807) is 11.6 Å². The molecule has 1 aromatic carbocycles. The van der Waals surface area contributed by atoms with E-state index in [1.807, 2.05) is 30.3 Å². The van der Waals surface area contributed by atoms with E-state index in [2.05, 4.69) is 10.1 Å². The minimum Gasteiger partial charge on any atom is -0.490 e. The quantitative estimate of drug-likeness (QED) is 0.682. The summed E-state index contributed by atoms with van der Waals surface area (Å²) in [6, 6.07) is 10.6. The zero-order valence-electron chi connectivity index (χ0n) is 16.0. The van der Waals surface area contributed by atoms with E-state index < -0.39 is 12.1 Å². The summed E-state index contributed by atoms with van der Waals surface area (Å²) in [5.74, 6) is -1.02. The second kappa shape index (κ2) is 8.16. The molecule has 1 aliphatic rings. The summed E-state index contributed by atoms with van der Waals surface area (Å²) in [6.45, 7) is 2.74. The van der Waals surface area contributed by atoms with E-state index in [1.165, 1.54) is 6.07 Å². The summed E-state index contributed by atoms with van der Waals surface area (Å²) in [7, 11) is 0. The van der Waals surface area contributed by atoms with Gasteiger partial charge in [0.15, 0.2) is 11.3 Å². The van der Waals surface area contributed by atoms with Crippen LogP contribution in [0.1, 0.15) is 29.0 Å². The van der Waals surface area contributed by atoms with Gasteiger partial charge >= 0.3 is 5.97 Å². The molecule has 0 radical (unpaired) electrons. The highest BCUT2D eigenvalue weighted by Gasteiger charge is 2.26. The first-order valence-electron chi connectivity index (χ1n) is 9.58. The highest BCUT2D eigenvalue weighted by molar-refractivity contribution is 5.93. The summed E-state index contributed by atoms with van der Waals surface area (Å²) in [5, 5.41) is 14.6. The van der Waals surface area contributed by atoms with Gasteiger partial charge in [-0.1, -0.05) is 18.2 Å². The van der Waals surface area contributed by atoms with Crippen LogP contribution >= 0.6 is 0 Å². The van der Waals surface area contributed by atoms with Crippen molar-refractivity contribution in [1.29, 1.82) is 0 Å². The van der Waals surface area contributed by atoms with E-state index in [0.29, 0.717) is 42.8 Å². The summed E-state index contributed by atoms with van der Waals surface area (Å²) >= 11 is 0. The highest BCUT2D eigenvalue weighted by Crippen LogP contribution is 2.31. The maximum absolute atomic E-state index is 14.7. The van der Waals surface area contributed by atoms with Crippen LogP contribution < -0.4 is 4.74 Å². The van der Waals surface area contributed by atoms with Crippen LogP contribution in [0.3, 0.4) is 0 Å². The van der Waals surface area contributed by atoms with Gasteiger partial charge in [-0.3, -0.25) is 0 Å². The van der Waals surface area contributed by atoms with Gasteiger partial charge in [-0.15, -0.1) is 0 Å². The Morgan fingerprint density at radius 3 is 2.76 bits per heavy atom. The largest absolute Gasteiger partial charge is 0.490 e. The number of carbonyl (C=O) groups is 1. The zero-order chi connectivity index (χ0) is 20.4. The standard InChI is InChI=1S/C21H22FN3O4/c1-13-19-18(29-12-16(22)14-7-9-28-10-8-14)11-17(21(26)27)23-20(19)25(24-13)15-5-3-2-4-6-15/h2-6,11,14,16H,7-10,12H2,1H3,(H,26,27)/t16-/m1/s1. The van der Waals surface area contributed by atoms with Crippen LogP contribution in [-0.2, 0) is 4.74 Å². The maximum atomic E-state index is 14.7. The van der Waals surface area contributed by atoms with Crippen molar-refractivity contribution < 1.29 is 23.8 Å². The number of rotatable bonds is 6. The molecule has 3 heterocycles. The van der Waals surface area contributed by atoms with E-state index in [-0.39, 0.29) is 24.0 Å². The van der Waals surface area contributed by atoms with Gasteiger partial charge in [0.2, 0.25) is 0 Å². The van der Waals surface area contributed by atoms with Gasteiger partial charge < -0.3 is 14.6 Å². The molecule has 8 heteroatoms. The lowest BCUT2D eigenvalue weighted by molar-refractivity contribution is 0.0243. The van der Waals surface area contributed by atoms with E-state index in [0.717, 1.165) is 5.69 Å². The van der Waals surface area contributed by atoms with E-state index in [4.69, 9.17) is 9.47 Å². The third-order valence-electron chi connectivity index (χ3n) is 5.17.